The van der Waals surface area contributed by atoms with E-state index in [1.54, 1.807) is 0 Å². The van der Waals surface area contributed by atoms with Gasteiger partial charge in [0.05, 0.1) is 0 Å². The molecule has 1 radical (unpaired) electrons. The SMILES string of the molecule is C1=CC2=C(CC1)[N]CC2. The van der Waals surface area contributed by atoms with E-state index >= 15 is 0 Å². The molecule has 0 aromatic heterocycles. The molecule has 2 rings (SSSR count). The van der Waals surface area contributed by atoms with Crippen molar-refractivity contribution in [2.45, 2.75) is 19.3 Å². The van der Waals surface area contributed by atoms with Crippen molar-refractivity contribution in [1.29, 1.82) is 0 Å². The summed E-state index contributed by atoms with van der Waals surface area (Å²) in [5, 5.41) is 4.39. The standard InChI is InChI=1S/C8H10N/c1-2-4-8-7(3-1)5-6-9-8/h1,3H,2,4-6H2. The highest BCUT2D eigenvalue weighted by molar-refractivity contribution is 5.31. The molecule has 47 valence electrons. The van der Waals surface area contributed by atoms with Crippen LogP contribution in [-0.4, -0.2) is 6.54 Å². The average Bonchev–Trinajstić information content (AvgIpc) is 2.33. The minimum Gasteiger partial charge on any atom is -0.289 e. The first kappa shape index (κ1) is 5.10. The molecule has 1 heterocycles. The van der Waals surface area contributed by atoms with Crippen LogP contribution in [0.4, 0.5) is 0 Å². The molecule has 1 nitrogen and oxygen atoms in total. The first-order valence-electron chi connectivity index (χ1n) is 3.53. The Labute approximate surface area is 55.5 Å². The Hall–Kier alpha value is -0.720. The summed E-state index contributed by atoms with van der Waals surface area (Å²) in [5.74, 6) is 0. The van der Waals surface area contributed by atoms with Crippen LogP contribution in [0.15, 0.2) is 23.4 Å². The number of hydrogen-bond donors (Lipinski definition) is 0. The fourth-order valence-corrected chi connectivity index (χ4v) is 1.42. The monoisotopic (exact) mass is 120 g/mol. The first-order valence-corrected chi connectivity index (χ1v) is 3.53. The molecule has 2 aliphatic rings. The summed E-state index contributed by atoms with van der Waals surface area (Å²) in [6, 6.07) is 0. The maximum absolute atomic E-state index is 4.39. The molecule has 1 heteroatoms. The van der Waals surface area contributed by atoms with Crippen molar-refractivity contribution >= 4 is 0 Å². The van der Waals surface area contributed by atoms with E-state index in [2.05, 4.69) is 17.5 Å². The van der Waals surface area contributed by atoms with Crippen molar-refractivity contribution in [1.82, 2.24) is 5.32 Å². The summed E-state index contributed by atoms with van der Waals surface area (Å²) < 4.78 is 0. The molecule has 0 aromatic rings. The zero-order chi connectivity index (χ0) is 6.10. The minimum atomic E-state index is 1.04. The van der Waals surface area contributed by atoms with Crippen LogP contribution in [0.2, 0.25) is 0 Å². The largest absolute Gasteiger partial charge is 0.289 e. The van der Waals surface area contributed by atoms with Crippen molar-refractivity contribution in [3.05, 3.63) is 23.4 Å². The molecule has 0 fully saturated rings. The Kier molecular flexibility index (Phi) is 1.08. The van der Waals surface area contributed by atoms with E-state index in [9.17, 15) is 0 Å². The van der Waals surface area contributed by atoms with E-state index in [1.165, 1.54) is 30.5 Å². The van der Waals surface area contributed by atoms with Gasteiger partial charge in [0, 0.05) is 12.2 Å². The predicted octanol–water partition coefficient (Wildman–Crippen LogP) is 1.60. The second-order valence-corrected chi connectivity index (χ2v) is 2.54. The van der Waals surface area contributed by atoms with Crippen LogP contribution in [0.1, 0.15) is 19.3 Å². The topological polar surface area (TPSA) is 14.1 Å². The molecular formula is C8H10N. The van der Waals surface area contributed by atoms with E-state index < -0.39 is 0 Å². The van der Waals surface area contributed by atoms with Gasteiger partial charge in [-0.15, -0.1) is 0 Å². The molecule has 1 aliphatic carbocycles. The van der Waals surface area contributed by atoms with Crippen molar-refractivity contribution in [3.8, 4) is 0 Å². The van der Waals surface area contributed by atoms with Crippen molar-refractivity contribution < 1.29 is 0 Å². The van der Waals surface area contributed by atoms with Gasteiger partial charge < -0.3 is 0 Å². The quantitative estimate of drug-likeness (QED) is 0.461. The molecule has 0 bridgehead atoms. The number of rotatable bonds is 0. The highest BCUT2D eigenvalue weighted by Gasteiger charge is 2.14. The summed E-state index contributed by atoms with van der Waals surface area (Å²) in [6.07, 6.45) is 8.05. The van der Waals surface area contributed by atoms with E-state index in [4.69, 9.17) is 0 Å². The van der Waals surface area contributed by atoms with Crippen molar-refractivity contribution in [2.75, 3.05) is 6.54 Å². The summed E-state index contributed by atoms with van der Waals surface area (Å²) in [4.78, 5) is 0. The molecule has 1 aliphatic heterocycles. The molecule has 0 atom stereocenters. The van der Waals surface area contributed by atoms with Crippen molar-refractivity contribution in [2.24, 2.45) is 0 Å². The van der Waals surface area contributed by atoms with Crippen molar-refractivity contribution in [3.63, 3.8) is 0 Å². The third-order valence-electron chi connectivity index (χ3n) is 1.92. The zero-order valence-corrected chi connectivity index (χ0v) is 5.43. The van der Waals surface area contributed by atoms with Gasteiger partial charge in [-0.1, -0.05) is 12.2 Å². The highest BCUT2D eigenvalue weighted by atomic mass is 14.9. The third-order valence-corrected chi connectivity index (χ3v) is 1.92. The van der Waals surface area contributed by atoms with E-state index in [1.807, 2.05) is 0 Å². The van der Waals surface area contributed by atoms with E-state index in [0.29, 0.717) is 0 Å². The molecular weight excluding hydrogens is 110 g/mol. The Morgan fingerprint density at radius 2 is 2.33 bits per heavy atom. The molecule has 0 saturated heterocycles. The number of nitrogens with zero attached hydrogens (tertiary/aromatic N) is 1. The fraction of sp³-hybridized carbons (Fsp3) is 0.500. The van der Waals surface area contributed by atoms with Gasteiger partial charge in [-0.05, 0) is 24.8 Å². The van der Waals surface area contributed by atoms with Gasteiger partial charge in [-0.2, -0.15) is 0 Å². The van der Waals surface area contributed by atoms with E-state index in [-0.39, 0.29) is 0 Å². The van der Waals surface area contributed by atoms with Crippen LogP contribution < -0.4 is 5.32 Å². The van der Waals surface area contributed by atoms with Gasteiger partial charge in [0.15, 0.2) is 0 Å². The molecule has 0 aromatic carbocycles. The summed E-state index contributed by atoms with van der Waals surface area (Å²) in [5.41, 5.74) is 2.86. The zero-order valence-electron chi connectivity index (χ0n) is 5.43. The minimum absolute atomic E-state index is 1.04. The first-order chi connectivity index (χ1) is 4.47. The lowest BCUT2D eigenvalue weighted by atomic mass is 10.0. The van der Waals surface area contributed by atoms with Gasteiger partial charge in [-0.25, -0.2) is 0 Å². The third kappa shape index (κ3) is 0.766. The number of allylic oxidation sites excluding steroid dienone is 3. The molecule has 0 spiro atoms. The van der Waals surface area contributed by atoms with Gasteiger partial charge in [-0.3, -0.25) is 5.32 Å². The Balaban J connectivity index is 2.28. The number of hydrogen-bond acceptors (Lipinski definition) is 0. The second kappa shape index (κ2) is 1.90. The fourth-order valence-electron chi connectivity index (χ4n) is 1.42. The molecule has 0 N–H and O–H groups in total. The lowest BCUT2D eigenvalue weighted by molar-refractivity contribution is 0.798. The molecule has 9 heavy (non-hydrogen) atoms. The second-order valence-electron chi connectivity index (χ2n) is 2.54. The van der Waals surface area contributed by atoms with Crippen LogP contribution in [0.25, 0.3) is 0 Å². The normalized spacial score (nSPS) is 24.0. The lowest BCUT2D eigenvalue weighted by Gasteiger charge is -2.04. The molecule has 0 unspecified atom stereocenters. The van der Waals surface area contributed by atoms with Crippen LogP contribution >= 0.6 is 0 Å². The maximum Gasteiger partial charge on any atom is 0.0433 e. The van der Waals surface area contributed by atoms with Gasteiger partial charge in [0.25, 0.3) is 0 Å². The summed E-state index contributed by atoms with van der Waals surface area (Å²) in [7, 11) is 0. The van der Waals surface area contributed by atoms with Crippen LogP contribution in [0, 0.1) is 0 Å². The van der Waals surface area contributed by atoms with Gasteiger partial charge >= 0.3 is 0 Å². The van der Waals surface area contributed by atoms with Crippen LogP contribution in [0.5, 0.6) is 0 Å². The lowest BCUT2D eigenvalue weighted by Crippen LogP contribution is -1.98. The maximum atomic E-state index is 4.39. The Morgan fingerprint density at radius 1 is 1.33 bits per heavy atom. The highest BCUT2D eigenvalue weighted by Crippen LogP contribution is 2.24. The van der Waals surface area contributed by atoms with E-state index in [0.717, 1.165) is 6.54 Å². The van der Waals surface area contributed by atoms with Crippen LogP contribution in [0.3, 0.4) is 0 Å². The van der Waals surface area contributed by atoms with Gasteiger partial charge in [0.2, 0.25) is 0 Å². The Morgan fingerprint density at radius 3 is 3.22 bits per heavy atom. The summed E-state index contributed by atoms with van der Waals surface area (Å²) in [6.45, 7) is 1.04. The smallest absolute Gasteiger partial charge is 0.0433 e. The Bertz CT molecular complexity index is 177. The summed E-state index contributed by atoms with van der Waals surface area (Å²) >= 11 is 0. The van der Waals surface area contributed by atoms with Crippen LogP contribution in [-0.2, 0) is 0 Å². The predicted molar refractivity (Wildman–Crippen MR) is 37.0 cm³/mol. The average molecular weight is 120 g/mol. The molecule has 0 saturated carbocycles. The molecule has 0 amide bonds. The van der Waals surface area contributed by atoms with Gasteiger partial charge in [0.1, 0.15) is 0 Å².